The van der Waals surface area contributed by atoms with E-state index in [2.05, 4.69) is 0 Å². The zero-order chi connectivity index (χ0) is 19.1. The molecular weight excluding hydrogens is 316 g/mol. The molecule has 0 saturated heterocycles. The zero-order valence-electron chi connectivity index (χ0n) is 15.1. The molecule has 0 amide bonds. The third kappa shape index (κ3) is 1.41. The summed E-state index contributed by atoms with van der Waals surface area (Å²) >= 11 is 0. The van der Waals surface area contributed by atoms with Gasteiger partial charge in [0.25, 0.3) is 6.29 Å². The molecule has 0 bridgehead atoms. The Morgan fingerprint density at radius 2 is 2.29 bits per heavy atom. The lowest BCUT2D eigenvalue weighted by Gasteiger charge is -2.19. The van der Waals surface area contributed by atoms with E-state index in [1.54, 1.807) is 0 Å². The summed E-state index contributed by atoms with van der Waals surface area (Å²) in [6.45, 7) is 0. The van der Waals surface area contributed by atoms with Crippen molar-refractivity contribution in [2.45, 2.75) is 24.7 Å². The van der Waals surface area contributed by atoms with Gasteiger partial charge >= 0.3 is 5.63 Å². The smallest absolute Gasteiger partial charge is 0.347 e. The summed E-state index contributed by atoms with van der Waals surface area (Å²) < 4.78 is 43.5. The van der Waals surface area contributed by atoms with Gasteiger partial charge < -0.3 is 23.7 Å². The first-order valence-electron chi connectivity index (χ1n) is 8.80. The van der Waals surface area contributed by atoms with Gasteiger partial charge in [-0.1, -0.05) is 0 Å². The Morgan fingerprint density at radius 1 is 1.42 bits per heavy atom. The average Bonchev–Trinajstić information content (AvgIpc) is 3.17. The van der Waals surface area contributed by atoms with Gasteiger partial charge in [-0.05, 0) is 18.1 Å². The number of hydrogen-bond acceptors (Lipinski definition) is 7. The number of ether oxygens (including phenoxy) is 3. The summed E-state index contributed by atoms with van der Waals surface area (Å²) in [7, 11) is -2.78. The van der Waals surface area contributed by atoms with Crippen molar-refractivity contribution in [3.05, 3.63) is 45.5 Å². The second kappa shape index (κ2) is 4.18. The zero-order valence-corrected chi connectivity index (χ0v) is 12.1. The lowest BCUT2D eigenvalue weighted by molar-refractivity contribution is -0.109. The van der Waals surface area contributed by atoms with Crippen LogP contribution in [0.2, 0.25) is 0 Å². The third-order valence-corrected chi connectivity index (χ3v) is 4.72. The maximum atomic E-state index is 12.4. The predicted molar refractivity (Wildman–Crippen MR) is 80.2 cm³/mol. The first-order chi connectivity index (χ1) is 12.7. The van der Waals surface area contributed by atoms with E-state index in [-0.39, 0.29) is 52.2 Å². The number of Topliss-reactive ketones (excluding diaryl/α,β-unsaturated/α-hetero) is 1. The number of aryl methyl sites for hydroxylation is 1. The summed E-state index contributed by atoms with van der Waals surface area (Å²) in [5.74, 6) is -0.421. The number of rotatable bonds is 1. The van der Waals surface area contributed by atoms with E-state index in [1.165, 1.54) is 18.4 Å². The number of aliphatic hydroxyl groups is 1. The Bertz CT molecular complexity index is 1110. The molecule has 1 aromatic carbocycles. The Balaban J connectivity index is 1.91. The van der Waals surface area contributed by atoms with Crippen LogP contribution in [0.5, 0.6) is 11.5 Å². The van der Waals surface area contributed by atoms with Gasteiger partial charge in [0.15, 0.2) is 17.0 Å². The van der Waals surface area contributed by atoms with Crippen LogP contribution in [0, 0.1) is 0 Å². The Hall–Kier alpha value is -2.80. The van der Waals surface area contributed by atoms with E-state index in [1.807, 2.05) is 0 Å². The van der Waals surface area contributed by atoms with Gasteiger partial charge in [0, 0.05) is 12.5 Å². The molecule has 3 heterocycles. The molecule has 1 aromatic heterocycles. The normalized spacial score (nSPS) is 28.5. The first kappa shape index (κ1) is 10.9. The van der Waals surface area contributed by atoms with Crippen molar-refractivity contribution in [3.8, 4) is 11.5 Å². The highest BCUT2D eigenvalue weighted by molar-refractivity contribution is 6.06. The van der Waals surface area contributed by atoms with E-state index >= 15 is 0 Å². The highest BCUT2D eigenvalue weighted by Crippen LogP contribution is 2.52. The monoisotopic (exact) mass is 331 g/mol. The van der Waals surface area contributed by atoms with Crippen LogP contribution in [0.25, 0.3) is 11.0 Å². The van der Waals surface area contributed by atoms with Crippen LogP contribution in [0.4, 0.5) is 0 Å². The number of ketones is 1. The Morgan fingerprint density at radius 3 is 3.12 bits per heavy atom. The van der Waals surface area contributed by atoms with Crippen molar-refractivity contribution in [1.82, 2.24) is 0 Å². The van der Waals surface area contributed by atoms with Crippen LogP contribution in [-0.2, 0) is 16.8 Å². The molecule has 122 valence electrons. The standard InChI is InChI=1S/C17H12O7/c1-21-9-6-10-13(17(20)4-5-22-16(17)23-10)14-12(9)7-2-3-8(18)11(7)15(19)24-14/h4-6,16,20H,2-3H2,1H3/t16-,17-/m0/s1/i1D3. The lowest BCUT2D eigenvalue weighted by Crippen LogP contribution is -2.33. The third-order valence-electron chi connectivity index (χ3n) is 4.72. The van der Waals surface area contributed by atoms with E-state index < -0.39 is 24.6 Å². The molecule has 0 fully saturated rings. The molecular formula is C17H12O7. The molecule has 2 atom stereocenters. The first-order valence-corrected chi connectivity index (χ1v) is 7.30. The van der Waals surface area contributed by atoms with E-state index in [0.29, 0.717) is 5.56 Å². The van der Waals surface area contributed by atoms with Crippen LogP contribution < -0.4 is 15.1 Å². The van der Waals surface area contributed by atoms with Crippen LogP contribution in [0.1, 0.15) is 32.0 Å². The summed E-state index contributed by atoms with van der Waals surface area (Å²) in [6, 6.07) is 1.31. The van der Waals surface area contributed by atoms with Gasteiger partial charge in [0.05, 0.1) is 28.4 Å². The van der Waals surface area contributed by atoms with Crippen molar-refractivity contribution < 1.29 is 32.6 Å². The van der Waals surface area contributed by atoms with Crippen molar-refractivity contribution in [1.29, 1.82) is 0 Å². The van der Waals surface area contributed by atoms with Gasteiger partial charge in [-0.25, -0.2) is 4.79 Å². The Kier molecular flexibility index (Phi) is 1.90. The minimum atomic E-state index is -2.78. The summed E-state index contributed by atoms with van der Waals surface area (Å²) in [5, 5.41) is 11.1. The quantitative estimate of drug-likeness (QED) is 0.789. The number of carbonyl (C=O) groups excluding carboxylic acids is 1. The summed E-state index contributed by atoms with van der Waals surface area (Å²) in [6.07, 6.45) is 1.86. The number of methoxy groups -OCH3 is 1. The molecule has 0 saturated carbocycles. The molecule has 0 spiro atoms. The largest absolute Gasteiger partial charge is 0.496 e. The molecule has 7 nitrogen and oxygen atoms in total. The minimum Gasteiger partial charge on any atom is -0.496 e. The Labute approximate surface area is 139 Å². The summed E-state index contributed by atoms with van der Waals surface area (Å²) in [4.78, 5) is 24.5. The molecule has 2 aliphatic heterocycles. The van der Waals surface area contributed by atoms with E-state index in [9.17, 15) is 14.7 Å². The number of carbonyl (C=O) groups is 1. The average molecular weight is 331 g/mol. The molecule has 3 aliphatic rings. The number of hydrogen-bond donors (Lipinski definition) is 1. The molecule has 2 aromatic rings. The number of fused-ring (bicyclic) bond motifs is 7. The van der Waals surface area contributed by atoms with Gasteiger partial charge in [-0.3, -0.25) is 4.79 Å². The topological polar surface area (TPSA) is 95.2 Å². The molecule has 5 rings (SSSR count). The maximum absolute atomic E-state index is 12.4. The molecule has 7 heteroatoms. The van der Waals surface area contributed by atoms with Gasteiger partial charge in [0.1, 0.15) is 17.1 Å². The van der Waals surface area contributed by atoms with Crippen LogP contribution >= 0.6 is 0 Å². The fourth-order valence-corrected chi connectivity index (χ4v) is 3.67. The molecule has 0 unspecified atom stereocenters. The van der Waals surface area contributed by atoms with E-state index in [0.717, 1.165) is 0 Å². The van der Waals surface area contributed by atoms with Gasteiger partial charge in [-0.15, -0.1) is 0 Å². The van der Waals surface area contributed by atoms with E-state index in [4.69, 9.17) is 22.7 Å². The lowest BCUT2D eigenvalue weighted by atomic mass is 9.92. The molecule has 24 heavy (non-hydrogen) atoms. The minimum absolute atomic E-state index is 0.0750. The molecule has 0 radical (unpaired) electrons. The molecule has 1 aliphatic carbocycles. The van der Waals surface area contributed by atoms with Gasteiger partial charge in [0.2, 0.25) is 0 Å². The van der Waals surface area contributed by atoms with Crippen LogP contribution in [0.3, 0.4) is 0 Å². The highest BCUT2D eigenvalue weighted by Gasteiger charge is 2.53. The van der Waals surface area contributed by atoms with Crippen molar-refractivity contribution in [2.24, 2.45) is 0 Å². The second-order valence-electron chi connectivity index (χ2n) is 5.93. The number of benzene rings is 1. The fourth-order valence-electron chi connectivity index (χ4n) is 3.67. The van der Waals surface area contributed by atoms with Crippen LogP contribution in [0.15, 0.2) is 27.6 Å². The van der Waals surface area contributed by atoms with Crippen molar-refractivity contribution in [2.75, 3.05) is 7.04 Å². The highest BCUT2D eigenvalue weighted by atomic mass is 16.7. The van der Waals surface area contributed by atoms with Gasteiger partial charge in [-0.2, -0.15) is 0 Å². The molecule has 1 N–H and O–H groups in total. The van der Waals surface area contributed by atoms with Crippen LogP contribution in [-0.4, -0.2) is 24.2 Å². The second-order valence-corrected chi connectivity index (χ2v) is 5.93. The van der Waals surface area contributed by atoms with Crippen molar-refractivity contribution in [3.63, 3.8) is 0 Å². The van der Waals surface area contributed by atoms with Crippen molar-refractivity contribution >= 4 is 16.8 Å². The summed E-state index contributed by atoms with van der Waals surface area (Å²) in [5.41, 5.74) is -2.26. The fraction of sp³-hybridized carbons (Fsp3) is 0.294. The predicted octanol–water partition coefficient (Wildman–Crippen LogP) is 1.38. The maximum Gasteiger partial charge on any atom is 0.347 e. The SMILES string of the molecule is [2H]C([2H])([2H])Oc1cc2c(c3oc(=O)c4c(c13)CCC4=O)[C@@]1(O)C=CO[C@H]1O2.